The Morgan fingerprint density at radius 3 is 2.38 bits per heavy atom. The number of halogens is 1. The molecule has 8 heteroatoms. The standard InChI is InChI=1S/C13H16ClNO5S/c1-3-5-6-21(19,20)12-7-9(4-2)10(13(14)16)8-11(12)15(17)18/h7-8H,3-6H2,1-2H3. The molecule has 0 aliphatic carbocycles. The molecule has 1 rings (SSSR count). The zero-order valence-corrected chi connectivity index (χ0v) is 13.3. The smallest absolute Gasteiger partial charge is 0.276 e. The maximum absolute atomic E-state index is 12.2. The fraction of sp³-hybridized carbons (Fsp3) is 0.462. The summed E-state index contributed by atoms with van der Waals surface area (Å²) >= 11 is 5.40. The zero-order valence-electron chi connectivity index (χ0n) is 11.8. The summed E-state index contributed by atoms with van der Waals surface area (Å²) in [6, 6.07) is 2.14. The molecule has 0 atom stereocenters. The largest absolute Gasteiger partial charge is 0.288 e. The van der Waals surface area contributed by atoms with Gasteiger partial charge in [-0.1, -0.05) is 20.3 Å². The molecule has 116 valence electrons. The van der Waals surface area contributed by atoms with Gasteiger partial charge in [-0.2, -0.15) is 0 Å². The first-order chi connectivity index (χ1) is 9.74. The van der Waals surface area contributed by atoms with E-state index in [4.69, 9.17) is 11.6 Å². The minimum Gasteiger partial charge on any atom is -0.276 e. The lowest BCUT2D eigenvalue weighted by Gasteiger charge is -2.09. The van der Waals surface area contributed by atoms with Crippen molar-refractivity contribution in [3.05, 3.63) is 33.4 Å². The van der Waals surface area contributed by atoms with E-state index in [1.54, 1.807) is 6.92 Å². The fourth-order valence-corrected chi connectivity index (χ4v) is 3.76. The molecule has 6 nitrogen and oxygen atoms in total. The number of nitro benzene ring substituents is 1. The Hall–Kier alpha value is -1.47. The first-order valence-electron chi connectivity index (χ1n) is 6.48. The number of hydrogen-bond acceptors (Lipinski definition) is 5. The number of unbranched alkanes of at least 4 members (excludes halogenated alkanes) is 1. The van der Waals surface area contributed by atoms with Crippen LogP contribution < -0.4 is 0 Å². The number of benzene rings is 1. The van der Waals surface area contributed by atoms with Crippen LogP contribution in [0.25, 0.3) is 0 Å². The Kier molecular flexibility index (Phi) is 5.86. The summed E-state index contributed by atoms with van der Waals surface area (Å²) in [5, 5.41) is 10.3. The summed E-state index contributed by atoms with van der Waals surface area (Å²) in [6.07, 6.45) is 1.42. The van der Waals surface area contributed by atoms with Crippen LogP contribution in [0.3, 0.4) is 0 Å². The number of hydrogen-bond donors (Lipinski definition) is 0. The molecule has 21 heavy (non-hydrogen) atoms. The summed E-state index contributed by atoms with van der Waals surface area (Å²) in [6.45, 7) is 3.55. The van der Waals surface area contributed by atoms with Gasteiger partial charge >= 0.3 is 0 Å². The maximum Gasteiger partial charge on any atom is 0.288 e. The lowest BCUT2D eigenvalue weighted by Crippen LogP contribution is -2.11. The van der Waals surface area contributed by atoms with Crippen LogP contribution in [-0.4, -0.2) is 24.3 Å². The molecule has 0 N–H and O–H groups in total. The molecule has 1 aromatic rings. The van der Waals surface area contributed by atoms with Gasteiger partial charge in [0, 0.05) is 11.6 Å². The minimum absolute atomic E-state index is 0.0275. The van der Waals surface area contributed by atoms with Crippen LogP contribution in [0.4, 0.5) is 5.69 Å². The van der Waals surface area contributed by atoms with Crippen LogP contribution in [0.15, 0.2) is 17.0 Å². The molecule has 0 radical (unpaired) electrons. The molecule has 0 heterocycles. The van der Waals surface area contributed by atoms with Gasteiger partial charge in [0.2, 0.25) is 0 Å². The molecule has 0 bridgehead atoms. The van der Waals surface area contributed by atoms with Crippen molar-refractivity contribution in [3.63, 3.8) is 0 Å². The van der Waals surface area contributed by atoms with Crippen molar-refractivity contribution >= 4 is 32.4 Å². The molecule has 0 saturated carbocycles. The summed E-state index contributed by atoms with van der Waals surface area (Å²) in [4.78, 5) is 21.3. The van der Waals surface area contributed by atoms with Crippen molar-refractivity contribution in [1.82, 2.24) is 0 Å². The molecular weight excluding hydrogens is 318 g/mol. The predicted molar refractivity (Wildman–Crippen MR) is 79.6 cm³/mol. The minimum atomic E-state index is -3.77. The van der Waals surface area contributed by atoms with Gasteiger partial charge < -0.3 is 0 Å². The normalized spacial score (nSPS) is 11.4. The predicted octanol–water partition coefficient (Wildman–Crippen LogP) is 3.11. The van der Waals surface area contributed by atoms with Crippen LogP contribution in [-0.2, 0) is 16.3 Å². The summed E-state index contributed by atoms with van der Waals surface area (Å²) in [5.41, 5.74) is -0.247. The highest BCUT2D eigenvalue weighted by atomic mass is 35.5. The first-order valence-corrected chi connectivity index (χ1v) is 8.51. The third-order valence-electron chi connectivity index (χ3n) is 3.08. The van der Waals surface area contributed by atoms with Crippen LogP contribution in [0, 0.1) is 10.1 Å². The maximum atomic E-state index is 12.2. The quantitative estimate of drug-likeness (QED) is 0.434. The third kappa shape index (κ3) is 4.01. The van der Waals surface area contributed by atoms with Gasteiger partial charge in [-0.25, -0.2) is 8.42 Å². The van der Waals surface area contributed by atoms with E-state index < -0.39 is 25.7 Å². The Bertz CT molecular complexity index is 669. The highest BCUT2D eigenvalue weighted by Crippen LogP contribution is 2.30. The molecule has 0 amide bonds. The number of nitro groups is 1. The van der Waals surface area contributed by atoms with Crippen molar-refractivity contribution in [2.45, 2.75) is 38.0 Å². The van der Waals surface area contributed by atoms with Crippen LogP contribution in [0.2, 0.25) is 0 Å². The highest BCUT2D eigenvalue weighted by Gasteiger charge is 2.28. The second-order valence-electron chi connectivity index (χ2n) is 4.53. The number of carbonyl (C=O) groups excluding carboxylic acids is 1. The Morgan fingerprint density at radius 1 is 1.33 bits per heavy atom. The second kappa shape index (κ2) is 7.00. The Balaban J connectivity index is 3.57. The van der Waals surface area contributed by atoms with Gasteiger partial charge in [0.25, 0.3) is 10.9 Å². The van der Waals surface area contributed by atoms with E-state index in [2.05, 4.69) is 0 Å². The average Bonchev–Trinajstić information content (AvgIpc) is 2.43. The second-order valence-corrected chi connectivity index (χ2v) is 6.95. The lowest BCUT2D eigenvalue weighted by molar-refractivity contribution is -0.387. The number of nitrogens with zero attached hydrogens (tertiary/aromatic N) is 1. The number of sulfone groups is 1. The van der Waals surface area contributed by atoms with Gasteiger partial charge in [-0.05, 0) is 36.1 Å². The molecule has 0 aliphatic rings. The highest BCUT2D eigenvalue weighted by molar-refractivity contribution is 7.91. The monoisotopic (exact) mass is 333 g/mol. The van der Waals surface area contributed by atoms with Crippen LogP contribution in [0.1, 0.15) is 42.6 Å². The molecule has 0 aliphatic heterocycles. The van der Waals surface area contributed by atoms with Crippen molar-refractivity contribution in [2.75, 3.05) is 5.75 Å². The number of carbonyl (C=O) groups is 1. The van der Waals surface area contributed by atoms with Crippen LogP contribution >= 0.6 is 11.6 Å². The summed E-state index contributed by atoms with van der Waals surface area (Å²) in [7, 11) is -3.77. The van der Waals surface area contributed by atoms with E-state index in [9.17, 15) is 23.3 Å². The zero-order chi connectivity index (χ0) is 16.2. The molecule has 0 aromatic heterocycles. The first kappa shape index (κ1) is 17.6. The van der Waals surface area contributed by atoms with Crippen molar-refractivity contribution in [1.29, 1.82) is 0 Å². The topological polar surface area (TPSA) is 94.3 Å². The molecule has 0 spiro atoms. The van der Waals surface area contributed by atoms with Gasteiger partial charge in [0.05, 0.1) is 10.7 Å². The fourth-order valence-electron chi connectivity index (χ4n) is 1.92. The average molecular weight is 334 g/mol. The van der Waals surface area contributed by atoms with E-state index >= 15 is 0 Å². The van der Waals surface area contributed by atoms with Gasteiger partial charge in [0.15, 0.2) is 9.84 Å². The van der Waals surface area contributed by atoms with E-state index in [1.807, 2.05) is 6.92 Å². The SMILES string of the molecule is CCCCS(=O)(=O)c1cc(CC)c(C(=O)Cl)cc1[N+](=O)[O-]. The van der Waals surface area contributed by atoms with Gasteiger partial charge in [-0.3, -0.25) is 14.9 Å². The van der Waals surface area contributed by atoms with Crippen LogP contribution in [0.5, 0.6) is 0 Å². The van der Waals surface area contributed by atoms with Crippen molar-refractivity contribution < 1.29 is 18.1 Å². The van der Waals surface area contributed by atoms with Gasteiger partial charge in [-0.15, -0.1) is 0 Å². The summed E-state index contributed by atoms with van der Waals surface area (Å²) in [5.74, 6) is -0.165. The Labute approximate surface area is 128 Å². The molecule has 0 saturated heterocycles. The van der Waals surface area contributed by atoms with E-state index in [1.165, 1.54) is 6.07 Å². The lowest BCUT2D eigenvalue weighted by atomic mass is 10.1. The molecule has 0 unspecified atom stereocenters. The molecule has 1 aromatic carbocycles. The van der Waals surface area contributed by atoms with E-state index in [-0.39, 0.29) is 16.2 Å². The van der Waals surface area contributed by atoms with E-state index in [0.29, 0.717) is 24.8 Å². The Morgan fingerprint density at radius 2 is 1.95 bits per heavy atom. The van der Waals surface area contributed by atoms with Gasteiger partial charge in [0.1, 0.15) is 4.90 Å². The third-order valence-corrected chi connectivity index (χ3v) is 5.10. The summed E-state index contributed by atoms with van der Waals surface area (Å²) < 4.78 is 24.5. The van der Waals surface area contributed by atoms with E-state index in [0.717, 1.165) is 6.07 Å². The van der Waals surface area contributed by atoms with Crippen molar-refractivity contribution in [3.8, 4) is 0 Å². The molecule has 0 fully saturated rings. The number of rotatable bonds is 7. The molecular formula is C13H16ClNO5S. The number of aryl methyl sites for hydroxylation is 1. The van der Waals surface area contributed by atoms with Crippen molar-refractivity contribution in [2.24, 2.45) is 0 Å².